The van der Waals surface area contributed by atoms with Gasteiger partial charge in [0.05, 0.1) is 5.71 Å². The van der Waals surface area contributed by atoms with E-state index in [-0.39, 0.29) is 17.3 Å². The minimum atomic E-state index is -0.441. The van der Waals surface area contributed by atoms with E-state index >= 15 is 0 Å². The fourth-order valence-corrected chi connectivity index (χ4v) is 4.58. The molecule has 0 amide bonds. The third kappa shape index (κ3) is 3.19. The molecular formula is C25H28N2O2. The molecule has 2 aromatic carbocycles. The minimum absolute atomic E-state index is 0.137. The van der Waals surface area contributed by atoms with Crippen molar-refractivity contribution >= 4 is 17.4 Å². The second-order valence-corrected chi connectivity index (χ2v) is 7.74. The second-order valence-electron chi connectivity index (χ2n) is 7.74. The van der Waals surface area contributed by atoms with Crippen LogP contribution in [0.4, 0.5) is 5.69 Å². The van der Waals surface area contributed by atoms with Crippen LogP contribution in [0.25, 0.3) is 11.1 Å². The lowest BCUT2D eigenvalue weighted by Crippen LogP contribution is -2.38. The number of nitrogens with zero attached hydrogens (tertiary/aromatic N) is 1. The summed E-state index contributed by atoms with van der Waals surface area (Å²) < 4.78 is 0. The van der Waals surface area contributed by atoms with Crippen LogP contribution in [0.3, 0.4) is 0 Å². The van der Waals surface area contributed by atoms with E-state index in [4.69, 9.17) is 10.6 Å². The molecule has 4 heteroatoms. The van der Waals surface area contributed by atoms with Crippen molar-refractivity contribution in [2.24, 2.45) is 17.0 Å². The molecule has 4 nitrogen and oxygen atoms in total. The number of allylic oxidation sites excluding steroid dienone is 2. The highest BCUT2D eigenvalue weighted by atomic mass is 16.7. The smallest absolute Gasteiger partial charge is 0.331 e. The molecule has 0 bridgehead atoms. The number of oxime groups is 1. The van der Waals surface area contributed by atoms with E-state index in [1.807, 2.05) is 31.2 Å². The summed E-state index contributed by atoms with van der Waals surface area (Å²) in [6, 6.07) is 12.4. The molecule has 2 unspecified atom stereocenters. The van der Waals surface area contributed by atoms with Crippen molar-refractivity contribution in [2.45, 2.75) is 33.1 Å². The quantitative estimate of drug-likeness (QED) is 0.235. The molecule has 0 saturated carbocycles. The SMILES string of the molecule is C=CC(C)C1(C(C)C=C)c2cc(N)ccc2-c2ccc(/C(C)=N\OC(C)=O)cc21. The number of nitrogen functional groups attached to an aromatic ring is 1. The average Bonchev–Trinajstić information content (AvgIpc) is 3.00. The molecule has 0 saturated heterocycles. The molecule has 0 aliphatic heterocycles. The Bertz CT molecular complexity index is 1010. The third-order valence-corrected chi connectivity index (χ3v) is 6.12. The van der Waals surface area contributed by atoms with Crippen LogP contribution in [0.15, 0.2) is 66.9 Å². The van der Waals surface area contributed by atoms with E-state index in [1.54, 1.807) is 0 Å². The zero-order chi connectivity index (χ0) is 21.3. The van der Waals surface area contributed by atoms with Crippen LogP contribution in [0.1, 0.15) is 44.4 Å². The summed E-state index contributed by atoms with van der Waals surface area (Å²) in [5.41, 5.74) is 12.9. The van der Waals surface area contributed by atoms with Crippen molar-refractivity contribution < 1.29 is 9.63 Å². The summed E-state index contributed by atoms with van der Waals surface area (Å²) in [7, 11) is 0. The maximum Gasteiger partial charge on any atom is 0.331 e. The first-order valence-corrected chi connectivity index (χ1v) is 9.79. The Morgan fingerprint density at radius 2 is 1.59 bits per heavy atom. The van der Waals surface area contributed by atoms with Crippen molar-refractivity contribution in [3.63, 3.8) is 0 Å². The largest absolute Gasteiger partial charge is 0.399 e. The summed E-state index contributed by atoms with van der Waals surface area (Å²) >= 11 is 0. The Morgan fingerprint density at radius 3 is 2.14 bits per heavy atom. The number of carbonyl (C=O) groups excluding carboxylic acids is 1. The molecule has 3 rings (SSSR count). The molecule has 1 aliphatic carbocycles. The van der Waals surface area contributed by atoms with E-state index in [0.29, 0.717) is 5.71 Å². The summed E-state index contributed by atoms with van der Waals surface area (Å²) in [4.78, 5) is 16.0. The highest BCUT2D eigenvalue weighted by Crippen LogP contribution is 2.57. The molecule has 29 heavy (non-hydrogen) atoms. The molecule has 2 atom stereocenters. The maximum absolute atomic E-state index is 11.1. The molecule has 150 valence electrons. The van der Waals surface area contributed by atoms with Gasteiger partial charge >= 0.3 is 5.97 Å². The molecule has 1 aliphatic rings. The Labute approximate surface area is 172 Å². The van der Waals surface area contributed by atoms with Gasteiger partial charge in [-0.15, -0.1) is 13.2 Å². The molecule has 0 spiro atoms. The van der Waals surface area contributed by atoms with Crippen LogP contribution in [0.5, 0.6) is 0 Å². The number of anilines is 1. The van der Waals surface area contributed by atoms with E-state index in [2.05, 4.69) is 56.4 Å². The lowest BCUT2D eigenvalue weighted by molar-refractivity contribution is -0.140. The summed E-state index contributed by atoms with van der Waals surface area (Å²) in [6.45, 7) is 15.7. The predicted molar refractivity (Wildman–Crippen MR) is 120 cm³/mol. The number of hydrogen-bond acceptors (Lipinski definition) is 4. The van der Waals surface area contributed by atoms with Crippen LogP contribution < -0.4 is 5.73 Å². The molecule has 0 fully saturated rings. The average molecular weight is 389 g/mol. The molecular weight excluding hydrogens is 360 g/mol. The fraction of sp³-hybridized carbons (Fsp3) is 0.280. The van der Waals surface area contributed by atoms with Crippen molar-refractivity contribution in [1.82, 2.24) is 0 Å². The van der Waals surface area contributed by atoms with Crippen molar-refractivity contribution in [3.8, 4) is 11.1 Å². The van der Waals surface area contributed by atoms with Crippen LogP contribution in [-0.2, 0) is 15.0 Å². The lowest BCUT2D eigenvalue weighted by atomic mass is 9.61. The number of hydrogen-bond donors (Lipinski definition) is 1. The third-order valence-electron chi connectivity index (χ3n) is 6.12. The van der Waals surface area contributed by atoms with Crippen molar-refractivity contribution in [2.75, 3.05) is 5.73 Å². The second kappa shape index (κ2) is 7.70. The molecule has 2 N–H and O–H groups in total. The first kappa shape index (κ1) is 20.6. The highest BCUT2D eigenvalue weighted by molar-refractivity contribution is 6.00. The lowest BCUT2D eigenvalue weighted by Gasteiger charge is -2.41. The Morgan fingerprint density at radius 1 is 1.03 bits per heavy atom. The number of nitrogens with two attached hydrogens (primary N) is 1. The van der Waals surface area contributed by atoms with E-state index in [0.717, 1.165) is 11.3 Å². The Kier molecular flexibility index (Phi) is 5.47. The van der Waals surface area contributed by atoms with Gasteiger partial charge in [-0.2, -0.15) is 0 Å². The number of benzene rings is 2. The maximum atomic E-state index is 11.1. The van der Waals surface area contributed by atoms with Gasteiger partial charge in [-0.1, -0.05) is 49.4 Å². The van der Waals surface area contributed by atoms with E-state index in [1.165, 1.54) is 29.2 Å². The predicted octanol–water partition coefficient (Wildman–Crippen LogP) is 5.47. The minimum Gasteiger partial charge on any atom is -0.399 e. The monoisotopic (exact) mass is 388 g/mol. The van der Waals surface area contributed by atoms with Crippen LogP contribution in [-0.4, -0.2) is 11.7 Å². The van der Waals surface area contributed by atoms with E-state index in [9.17, 15) is 4.79 Å². The molecule has 0 heterocycles. The van der Waals surface area contributed by atoms with Crippen molar-refractivity contribution in [1.29, 1.82) is 0 Å². The normalized spacial score (nSPS) is 19.7. The molecule has 0 aromatic heterocycles. The van der Waals surface area contributed by atoms with Gasteiger partial charge in [-0.3, -0.25) is 0 Å². The zero-order valence-electron chi connectivity index (χ0n) is 17.5. The fourth-order valence-electron chi connectivity index (χ4n) is 4.58. The summed E-state index contributed by atoms with van der Waals surface area (Å²) in [6.07, 6.45) is 3.99. The van der Waals surface area contributed by atoms with Gasteiger partial charge in [0.25, 0.3) is 0 Å². The highest BCUT2D eigenvalue weighted by Gasteiger charge is 2.49. The standard InChI is InChI=1S/C25H28N2O2/c1-7-15(3)25(16(4)8-2)23-13-19(17(5)27-29-18(6)28)9-11-21(23)22-12-10-20(26)14-24(22)25/h7-16H,1-2,26H2,3-6H3/b27-17-. The van der Waals surface area contributed by atoms with Gasteiger partial charge in [0, 0.05) is 18.0 Å². The van der Waals surface area contributed by atoms with Crippen LogP contribution in [0.2, 0.25) is 0 Å². The Hall–Kier alpha value is -3.14. The van der Waals surface area contributed by atoms with Gasteiger partial charge in [0.2, 0.25) is 0 Å². The van der Waals surface area contributed by atoms with Crippen LogP contribution >= 0.6 is 0 Å². The van der Waals surface area contributed by atoms with Gasteiger partial charge in [-0.05, 0) is 64.8 Å². The van der Waals surface area contributed by atoms with Crippen molar-refractivity contribution in [3.05, 3.63) is 78.4 Å². The first-order chi connectivity index (χ1) is 13.8. The number of rotatable bonds is 6. The Balaban J connectivity index is 2.33. The van der Waals surface area contributed by atoms with Gasteiger partial charge in [0.15, 0.2) is 0 Å². The number of fused-ring (bicyclic) bond motifs is 3. The number of carbonyl (C=O) groups is 1. The van der Waals surface area contributed by atoms with Crippen LogP contribution in [0, 0.1) is 11.8 Å². The molecule has 2 aromatic rings. The summed E-state index contributed by atoms with van der Waals surface area (Å²) in [5.74, 6) is -0.167. The summed E-state index contributed by atoms with van der Waals surface area (Å²) in [5, 5.41) is 3.97. The van der Waals surface area contributed by atoms with Gasteiger partial charge in [-0.25, -0.2) is 4.79 Å². The first-order valence-electron chi connectivity index (χ1n) is 9.79. The molecule has 0 radical (unpaired) electrons. The zero-order valence-corrected chi connectivity index (χ0v) is 17.5. The van der Waals surface area contributed by atoms with Gasteiger partial charge in [0.1, 0.15) is 0 Å². The van der Waals surface area contributed by atoms with Gasteiger partial charge < -0.3 is 10.6 Å². The van der Waals surface area contributed by atoms with E-state index < -0.39 is 5.97 Å². The topological polar surface area (TPSA) is 64.7 Å².